The Morgan fingerprint density at radius 2 is 1.90 bits per heavy atom. The van der Waals surface area contributed by atoms with E-state index in [2.05, 4.69) is 10.0 Å². The van der Waals surface area contributed by atoms with E-state index in [1.807, 2.05) is 40.8 Å². The molecule has 0 amide bonds. The summed E-state index contributed by atoms with van der Waals surface area (Å²) in [6.45, 7) is 8.70. The Balaban J connectivity index is 3.06. The molecule has 0 bridgehead atoms. The van der Waals surface area contributed by atoms with E-state index in [1.54, 1.807) is 12.1 Å². The molecule has 20 heavy (non-hydrogen) atoms. The summed E-state index contributed by atoms with van der Waals surface area (Å²) in [6, 6.07) is 5.25. The molecule has 0 radical (unpaired) electrons. The van der Waals surface area contributed by atoms with Crippen LogP contribution in [0.25, 0.3) is 0 Å². The third-order valence-electron chi connectivity index (χ3n) is 3.55. The summed E-state index contributed by atoms with van der Waals surface area (Å²) in [5.74, 6) is 0.275. The highest BCUT2D eigenvalue weighted by Gasteiger charge is 2.21. The molecule has 0 aromatic heterocycles. The Bertz CT molecular complexity index is 539. The number of nitrogens with one attached hydrogen (secondary N) is 2. The maximum absolute atomic E-state index is 12.4. The van der Waals surface area contributed by atoms with E-state index >= 15 is 0 Å². The molecule has 1 aromatic carbocycles. The molecule has 0 saturated carbocycles. The molecule has 0 spiro atoms. The maximum Gasteiger partial charge on any atom is 0.240 e. The highest BCUT2D eigenvalue weighted by Crippen LogP contribution is 2.17. The van der Waals surface area contributed by atoms with Crippen molar-refractivity contribution in [2.45, 2.75) is 51.6 Å². The topological polar surface area (TPSA) is 58.2 Å². The molecule has 0 aliphatic carbocycles. The van der Waals surface area contributed by atoms with Gasteiger partial charge in [0, 0.05) is 12.6 Å². The van der Waals surface area contributed by atoms with E-state index in [0.717, 1.165) is 17.5 Å². The zero-order chi connectivity index (χ0) is 15.3. The van der Waals surface area contributed by atoms with Crippen LogP contribution in [0.4, 0.5) is 0 Å². The van der Waals surface area contributed by atoms with Gasteiger partial charge in [0.15, 0.2) is 0 Å². The van der Waals surface area contributed by atoms with E-state index in [4.69, 9.17) is 0 Å². The standard InChI is InChI=1S/C15H26N2O2S/c1-6-15(11(2)3)17-20(18,19)14-8-7-12(4)13(9-14)10-16-5/h7-9,11,15-17H,6,10H2,1-5H3. The molecule has 1 rings (SSSR count). The van der Waals surface area contributed by atoms with Gasteiger partial charge >= 0.3 is 0 Å². The van der Waals surface area contributed by atoms with Gasteiger partial charge in [0.25, 0.3) is 0 Å². The number of rotatable bonds is 7. The molecule has 1 atom stereocenters. The lowest BCUT2D eigenvalue weighted by Crippen LogP contribution is -2.38. The third kappa shape index (κ3) is 4.30. The fourth-order valence-corrected chi connectivity index (χ4v) is 3.67. The van der Waals surface area contributed by atoms with Gasteiger partial charge in [-0.2, -0.15) is 0 Å². The quantitative estimate of drug-likeness (QED) is 0.813. The zero-order valence-corrected chi connectivity index (χ0v) is 13.8. The van der Waals surface area contributed by atoms with Gasteiger partial charge in [-0.3, -0.25) is 0 Å². The lowest BCUT2D eigenvalue weighted by atomic mass is 10.0. The first-order valence-corrected chi connectivity index (χ1v) is 8.56. The monoisotopic (exact) mass is 298 g/mol. The summed E-state index contributed by atoms with van der Waals surface area (Å²) < 4.78 is 27.7. The Labute approximate surface area is 123 Å². The molecular formula is C15H26N2O2S. The van der Waals surface area contributed by atoms with Crippen molar-refractivity contribution >= 4 is 10.0 Å². The van der Waals surface area contributed by atoms with Crippen LogP contribution in [0.5, 0.6) is 0 Å². The Hall–Kier alpha value is -0.910. The first-order chi connectivity index (χ1) is 9.31. The molecule has 5 heteroatoms. The Kier molecular flexibility index (Phi) is 6.17. The summed E-state index contributed by atoms with van der Waals surface area (Å²) in [7, 11) is -1.60. The van der Waals surface area contributed by atoms with Crippen LogP contribution in [0.2, 0.25) is 0 Å². The fourth-order valence-electron chi connectivity index (χ4n) is 2.15. The highest BCUT2D eigenvalue weighted by molar-refractivity contribution is 7.89. The summed E-state index contributed by atoms with van der Waals surface area (Å²) in [5, 5.41) is 3.06. The molecule has 0 heterocycles. The molecular weight excluding hydrogens is 272 g/mol. The van der Waals surface area contributed by atoms with Crippen LogP contribution in [0.1, 0.15) is 38.3 Å². The van der Waals surface area contributed by atoms with Gasteiger partial charge in [-0.05, 0) is 49.6 Å². The van der Waals surface area contributed by atoms with Gasteiger partial charge in [-0.25, -0.2) is 13.1 Å². The molecule has 0 aliphatic heterocycles. The molecule has 4 nitrogen and oxygen atoms in total. The Morgan fingerprint density at radius 1 is 1.25 bits per heavy atom. The van der Waals surface area contributed by atoms with E-state index in [0.29, 0.717) is 11.4 Å². The van der Waals surface area contributed by atoms with Crippen LogP contribution < -0.4 is 10.0 Å². The second kappa shape index (κ2) is 7.20. The predicted molar refractivity (Wildman–Crippen MR) is 83.2 cm³/mol. The number of sulfonamides is 1. The van der Waals surface area contributed by atoms with Gasteiger partial charge in [-0.1, -0.05) is 26.8 Å². The first-order valence-electron chi connectivity index (χ1n) is 7.08. The minimum atomic E-state index is -3.45. The summed E-state index contributed by atoms with van der Waals surface area (Å²) >= 11 is 0. The van der Waals surface area contributed by atoms with Crippen molar-refractivity contribution in [3.8, 4) is 0 Å². The summed E-state index contributed by atoms with van der Waals surface area (Å²) in [5.41, 5.74) is 2.10. The molecule has 0 fully saturated rings. The van der Waals surface area contributed by atoms with Crippen LogP contribution in [0, 0.1) is 12.8 Å². The number of hydrogen-bond donors (Lipinski definition) is 2. The van der Waals surface area contributed by atoms with Crippen molar-refractivity contribution in [2.75, 3.05) is 7.05 Å². The average molecular weight is 298 g/mol. The second-order valence-electron chi connectivity index (χ2n) is 5.50. The average Bonchev–Trinajstić information content (AvgIpc) is 2.38. The minimum Gasteiger partial charge on any atom is -0.316 e. The van der Waals surface area contributed by atoms with Gasteiger partial charge in [0.1, 0.15) is 0 Å². The van der Waals surface area contributed by atoms with Crippen molar-refractivity contribution in [1.82, 2.24) is 10.0 Å². The smallest absolute Gasteiger partial charge is 0.240 e. The largest absolute Gasteiger partial charge is 0.316 e. The second-order valence-corrected chi connectivity index (χ2v) is 7.21. The van der Waals surface area contributed by atoms with Gasteiger partial charge in [0.05, 0.1) is 4.90 Å². The molecule has 114 valence electrons. The molecule has 1 unspecified atom stereocenters. The fraction of sp³-hybridized carbons (Fsp3) is 0.600. The predicted octanol–water partition coefficient (Wildman–Crippen LogP) is 2.43. The first kappa shape index (κ1) is 17.1. The third-order valence-corrected chi connectivity index (χ3v) is 5.04. The molecule has 0 aliphatic rings. The molecule has 1 aromatic rings. The van der Waals surface area contributed by atoms with Gasteiger partial charge < -0.3 is 5.32 Å². The van der Waals surface area contributed by atoms with Crippen LogP contribution in [0.15, 0.2) is 23.1 Å². The van der Waals surface area contributed by atoms with E-state index < -0.39 is 10.0 Å². The minimum absolute atomic E-state index is 0.0333. The van der Waals surface area contributed by atoms with Gasteiger partial charge in [-0.15, -0.1) is 0 Å². The van der Waals surface area contributed by atoms with E-state index in [9.17, 15) is 8.42 Å². The van der Waals surface area contributed by atoms with Gasteiger partial charge in [0.2, 0.25) is 10.0 Å². The van der Waals surface area contributed by atoms with Crippen molar-refractivity contribution in [1.29, 1.82) is 0 Å². The SMILES string of the molecule is CCC(NS(=O)(=O)c1ccc(C)c(CNC)c1)C(C)C. The van der Waals surface area contributed by atoms with Crippen LogP contribution >= 0.6 is 0 Å². The zero-order valence-electron chi connectivity index (χ0n) is 13.0. The van der Waals surface area contributed by atoms with E-state index in [1.165, 1.54) is 0 Å². The van der Waals surface area contributed by atoms with Crippen molar-refractivity contribution in [3.05, 3.63) is 29.3 Å². The summed E-state index contributed by atoms with van der Waals surface area (Å²) in [6.07, 6.45) is 0.784. The normalized spacial score (nSPS) is 13.7. The summed E-state index contributed by atoms with van der Waals surface area (Å²) in [4.78, 5) is 0.340. The lowest BCUT2D eigenvalue weighted by molar-refractivity contribution is 0.437. The molecule has 0 saturated heterocycles. The molecule has 2 N–H and O–H groups in total. The van der Waals surface area contributed by atoms with Crippen LogP contribution in [-0.2, 0) is 16.6 Å². The van der Waals surface area contributed by atoms with E-state index in [-0.39, 0.29) is 12.0 Å². The van der Waals surface area contributed by atoms with Crippen LogP contribution in [-0.4, -0.2) is 21.5 Å². The lowest BCUT2D eigenvalue weighted by Gasteiger charge is -2.21. The Morgan fingerprint density at radius 3 is 2.40 bits per heavy atom. The maximum atomic E-state index is 12.4. The van der Waals surface area contributed by atoms with Crippen LogP contribution in [0.3, 0.4) is 0 Å². The highest BCUT2D eigenvalue weighted by atomic mass is 32.2. The number of hydrogen-bond acceptors (Lipinski definition) is 3. The number of benzene rings is 1. The van der Waals surface area contributed by atoms with Crippen molar-refractivity contribution in [2.24, 2.45) is 5.92 Å². The van der Waals surface area contributed by atoms with Crippen molar-refractivity contribution in [3.63, 3.8) is 0 Å². The number of aryl methyl sites for hydroxylation is 1. The van der Waals surface area contributed by atoms with Crippen molar-refractivity contribution < 1.29 is 8.42 Å².